The van der Waals surface area contributed by atoms with Crippen LogP contribution < -0.4 is 16.0 Å². The van der Waals surface area contributed by atoms with Gasteiger partial charge in [-0.15, -0.1) is 0 Å². The van der Waals surface area contributed by atoms with Crippen LogP contribution in [0.2, 0.25) is 0 Å². The number of aryl methyl sites for hydroxylation is 4. The van der Waals surface area contributed by atoms with Crippen LogP contribution in [-0.2, 0) is 38.0 Å². The number of carbonyl (C=O) groups excluding carboxylic acids is 4. The monoisotopic (exact) mass is 629 g/mol. The van der Waals surface area contributed by atoms with E-state index in [1.807, 2.05) is 39.8 Å². The second kappa shape index (κ2) is 16.2. The van der Waals surface area contributed by atoms with Gasteiger partial charge in [-0.3, -0.25) is 15.4 Å². The molecule has 0 bridgehead atoms. The second-order valence-electron chi connectivity index (χ2n) is 11.4. The number of rotatable bonds is 12. The number of hydrogen-bond donors (Lipinski definition) is 3. The standard InChI is InChI=1S/C32H43N3O10/c1-17(2)25(33-16-36)29(37)42-15-24-26(40-7)27(44-31(38)34-22-11-18(3)9-19(4)12-22)28(30(41-8)43-24)45-32(39)35-23-13-20(5)10-21(6)14-23/h9-14,16-17,24-28,30H,15H2,1-8H3,(H,33,36)(H,34,38)(H,35,39)/t24?,25?,26-,27+,28?,30-/m1/s1. The maximum Gasteiger partial charge on any atom is 0.412 e. The van der Waals surface area contributed by atoms with E-state index < -0.39 is 54.9 Å². The number of nitrogens with one attached hydrogen (secondary N) is 3. The fourth-order valence-corrected chi connectivity index (χ4v) is 5.24. The Bertz CT molecular complexity index is 1310. The Kier molecular flexibility index (Phi) is 12.7. The van der Waals surface area contributed by atoms with Gasteiger partial charge >= 0.3 is 18.2 Å². The molecule has 0 saturated carbocycles. The first-order valence-corrected chi connectivity index (χ1v) is 14.5. The predicted octanol–water partition coefficient (Wildman–Crippen LogP) is 4.15. The molecule has 6 atom stereocenters. The largest absolute Gasteiger partial charge is 0.461 e. The Morgan fingerprint density at radius 1 is 0.778 bits per heavy atom. The van der Waals surface area contributed by atoms with E-state index in [2.05, 4.69) is 16.0 Å². The van der Waals surface area contributed by atoms with Crippen molar-refractivity contribution in [2.75, 3.05) is 31.5 Å². The number of ether oxygens (including phenoxy) is 6. The van der Waals surface area contributed by atoms with Crippen LogP contribution in [0.5, 0.6) is 0 Å². The predicted molar refractivity (Wildman–Crippen MR) is 165 cm³/mol. The second-order valence-corrected chi connectivity index (χ2v) is 11.4. The first kappa shape index (κ1) is 35.3. The van der Waals surface area contributed by atoms with E-state index >= 15 is 0 Å². The number of carbonyl (C=O) groups is 4. The van der Waals surface area contributed by atoms with Crippen LogP contribution in [0.3, 0.4) is 0 Å². The van der Waals surface area contributed by atoms with Gasteiger partial charge in [-0.05, 0) is 80.1 Å². The number of hydrogen-bond acceptors (Lipinski definition) is 10. The molecule has 1 aliphatic rings. The van der Waals surface area contributed by atoms with Crippen molar-refractivity contribution in [2.24, 2.45) is 5.92 Å². The van der Waals surface area contributed by atoms with Gasteiger partial charge in [0.05, 0.1) is 0 Å². The van der Waals surface area contributed by atoms with E-state index in [4.69, 9.17) is 28.4 Å². The molecule has 2 aromatic rings. The highest BCUT2D eigenvalue weighted by Gasteiger charge is 2.51. The molecule has 0 radical (unpaired) electrons. The summed E-state index contributed by atoms with van der Waals surface area (Å²) >= 11 is 0. The highest BCUT2D eigenvalue weighted by molar-refractivity contribution is 5.86. The number of amides is 3. The lowest BCUT2D eigenvalue weighted by atomic mass is 9.98. The molecule has 2 aromatic carbocycles. The Labute approximate surface area is 263 Å². The topological polar surface area (TPSA) is 160 Å². The fraction of sp³-hybridized carbons (Fsp3) is 0.500. The van der Waals surface area contributed by atoms with Crippen LogP contribution in [0.4, 0.5) is 21.0 Å². The van der Waals surface area contributed by atoms with Crippen molar-refractivity contribution in [2.45, 2.75) is 78.3 Å². The lowest BCUT2D eigenvalue weighted by molar-refractivity contribution is -0.295. The molecule has 1 aliphatic heterocycles. The summed E-state index contributed by atoms with van der Waals surface area (Å²) in [4.78, 5) is 50.1. The first-order valence-electron chi connectivity index (χ1n) is 14.5. The van der Waals surface area contributed by atoms with E-state index in [1.54, 1.807) is 38.1 Å². The summed E-state index contributed by atoms with van der Waals surface area (Å²) in [7, 11) is 2.68. The summed E-state index contributed by atoms with van der Waals surface area (Å²) in [6.45, 7) is 10.7. The maximum atomic E-state index is 13.2. The van der Waals surface area contributed by atoms with Gasteiger partial charge in [0.2, 0.25) is 6.41 Å². The third-order valence-electron chi connectivity index (χ3n) is 7.08. The molecule has 13 heteroatoms. The molecular formula is C32H43N3O10. The molecule has 246 valence electrons. The summed E-state index contributed by atoms with van der Waals surface area (Å²) in [5, 5.41) is 7.83. The molecular weight excluding hydrogens is 586 g/mol. The van der Waals surface area contributed by atoms with Crippen LogP contribution in [0.1, 0.15) is 36.1 Å². The molecule has 0 aliphatic carbocycles. The maximum absolute atomic E-state index is 13.2. The van der Waals surface area contributed by atoms with Crippen molar-refractivity contribution in [1.82, 2.24) is 5.32 Å². The number of methoxy groups -OCH3 is 2. The first-order chi connectivity index (χ1) is 21.3. The number of anilines is 2. The van der Waals surface area contributed by atoms with E-state index in [1.165, 1.54) is 14.2 Å². The van der Waals surface area contributed by atoms with Crippen LogP contribution >= 0.6 is 0 Å². The van der Waals surface area contributed by atoms with Gasteiger partial charge in [0.25, 0.3) is 0 Å². The smallest absolute Gasteiger partial charge is 0.412 e. The van der Waals surface area contributed by atoms with Gasteiger partial charge in [0.1, 0.15) is 24.9 Å². The molecule has 45 heavy (non-hydrogen) atoms. The van der Waals surface area contributed by atoms with E-state index in [0.717, 1.165) is 22.3 Å². The summed E-state index contributed by atoms with van der Waals surface area (Å²) in [6, 6.07) is 10.1. The van der Waals surface area contributed by atoms with E-state index in [-0.39, 0.29) is 12.5 Å². The Morgan fingerprint density at radius 2 is 1.27 bits per heavy atom. The van der Waals surface area contributed by atoms with Crippen LogP contribution in [0.25, 0.3) is 0 Å². The molecule has 3 rings (SSSR count). The van der Waals surface area contributed by atoms with Crippen LogP contribution in [0, 0.1) is 33.6 Å². The van der Waals surface area contributed by atoms with Gasteiger partial charge in [-0.25, -0.2) is 14.4 Å². The molecule has 1 heterocycles. The molecule has 3 N–H and O–H groups in total. The number of benzene rings is 2. The Morgan fingerprint density at radius 3 is 1.69 bits per heavy atom. The third kappa shape index (κ3) is 9.90. The van der Waals surface area contributed by atoms with Gasteiger partial charge in [0, 0.05) is 25.6 Å². The Hall–Kier alpha value is -4.20. The van der Waals surface area contributed by atoms with Gasteiger partial charge < -0.3 is 33.7 Å². The quantitative estimate of drug-likeness (QED) is 0.177. The van der Waals surface area contributed by atoms with Crippen LogP contribution in [0.15, 0.2) is 36.4 Å². The lowest BCUT2D eigenvalue weighted by Gasteiger charge is -2.43. The molecule has 3 amide bonds. The zero-order chi connectivity index (χ0) is 33.3. The average Bonchev–Trinajstić information content (AvgIpc) is 2.94. The average molecular weight is 630 g/mol. The van der Waals surface area contributed by atoms with Gasteiger partial charge in [-0.1, -0.05) is 26.0 Å². The van der Waals surface area contributed by atoms with Crippen LogP contribution in [-0.4, -0.2) is 82.1 Å². The van der Waals surface area contributed by atoms with Crippen molar-refractivity contribution in [3.05, 3.63) is 58.7 Å². The SMILES string of the molecule is CO[C@@H]1OC(COC(=O)C(NC=O)C(C)C)[C@@H](OC)[C@H](OC(=O)Nc2cc(C)cc(C)c2)C1OC(=O)Nc1cc(C)cc(C)c1. The molecule has 3 unspecified atom stereocenters. The molecule has 0 aromatic heterocycles. The van der Waals surface area contributed by atoms with E-state index in [0.29, 0.717) is 17.8 Å². The summed E-state index contributed by atoms with van der Waals surface area (Å²) in [5.74, 6) is -0.945. The lowest BCUT2D eigenvalue weighted by Crippen LogP contribution is -2.62. The zero-order valence-corrected chi connectivity index (χ0v) is 26.9. The van der Waals surface area contributed by atoms with Gasteiger partial charge in [-0.2, -0.15) is 0 Å². The normalized spacial score (nSPS) is 21.8. The highest BCUT2D eigenvalue weighted by atomic mass is 16.7. The van der Waals surface area contributed by atoms with E-state index in [9.17, 15) is 19.2 Å². The minimum Gasteiger partial charge on any atom is -0.461 e. The zero-order valence-electron chi connectivity index (χ0n) is 26.9. The van der Waals surface area contributed by atoms with Gasteiger partial charge in [0.15, 0.2) is 18.5 Å². The van der Waals surface area contributed by atoms with Crippen molar-refractivity contribution in [3.63, 3.8) is 0 Å². The van der Waals surface area contributed by atoms with Crippen molar-refractivity contribution < 1.29 is 47.6 Å². The number of esters is 1. The van der Waals surface area contributed by atoms with Crippen molar-refractivity contribution >= 4 is 35.9 Å². The molecule has 1 saturated heterocycles. The third-order valence-corrected chi connectivity index (χ3v) is 7.08. The molecule has 0 spiro atoms. The fourth-order valence-electron chi connectivity index (χ4n) is 5.24. The molecule has 1 fully saturated rings. The Balaban J connectivity index is 1.87. The minimum atomic E-state index is -1.30. The molecule has 13 nitrogen and oxygen atoms in total. The summed E-state index contributed by atoms with van der Waals surface area (Å²) < 4.78 is 34.3. The van der Waals surface area contributed by atoms with Crippen molar-refractivity contribution in [3.8, 4) is 0 Å². The highest BCUT2D eigenvalue weighted by Crippen LogP contribution is 2.30. The van der Waals surface area contributed by atoms with Crippen molar-refractivity contribution in [1.29, 1.82) is 0 Å². The summed E-state index contributed by atoms with van der Waals surface area (Å²) in [5.41, 5.74) is 4.74. The summed E-state index contributed by atoms with van der Waals surface area (Å²) in [6.07, 6.45) is -7.20. The minimum absolute atomic E-state index is 0.251.